The highest BCUT2D eigenvalue weighted by Gasteiger charge is 2.58. The SMILES string of the molecule is CCO[Si](CCC(F)(F)C(F)(F)F)(OCC)OCC. The number of alkyl halides is 5. The minimum Gasteiger partial charge on any atom is -0.374 e. The van der Waals surface area contributed by atoms with E-state index in [2.05, 4.69) is 0 Å². The Morgan fingerprint density at radius 2 is 1.16 bits per heavy atom. The third-order valence-electron chi connectivity index (χ3n) is 2.25. The van der Waals surface area contributed by atoms with Crippen LogP contribution in [-0.2, 0) is 13.3 Å². The first-order valence-electron chi connectivity index (χ1n) is 6.00. The van der Waals surface area contributed by atoms with Crippen LogP contribution in [0.5, 0.6) is 0 Å². The van der Waals surface area contributed by atoms with Crippen molar-refractivity contribution in [2.45, 2.75) is 45.3 Å². The van der Waals surface area contributed by atoms with E-state index in [4.69, 9.17) is 13.3 Å². The van der Waals surface area contributed by atoms with Gasteiger partial charge in [0.2, 0.25) is 0 Å². The predicted octanol–water partition coefficient (Wildman–Crippen LogP) is 3.62. The first-order chi connectivity index (χ1) is 8.64. The second-order valence-corrected chi connectivity index (χ2v) is 6.42. The second-order valence-electron chi connectivity index (χ2n) is 3.68. The van der Waals surface area contributed by atoms with Crippen molar-refractivity contribution < 1.29 is 35.2 Å². The third kappa shape index (κ3) is 5.72. The van der Waals surface area contributed by atoms with Crippen molar-refractivity contribution in [3.8, 4) is 0 Å². The monoisotopic (exact) mass is 310 g/mol. The molecule has 0 N–H and O–H groups in total. The lowest BCUT2D eigenvalue weighted by molar-refractivity contribution is -0.283. The number of halogens is 5. The van der Waals surface area contributed by atoms with Gasteiger partial charge in [-0.1, -0.05) is 0 Å². The lowest BCUT2D eigenvalue weighted by Gasteiger charge is -2.30. The molecule has 0 aromatic carbocycles. The van der Waals surface area contributed by atoms with E-state index in [1.165, 1.54) is 0 Å². The van der Waals surface area contributed by atoms with E-state index in [0.29, 0.717) is 0 Å². The van der Waals surface area contributed by atoms with Gasteiger partial charge in [0.1, 0.15) is 0 Å². The van der Waals surface area contributed by atoms with Gasteiger partial charge in [-0.05, 0) is 20.8 Å². The molecule has 0 amide bonds. The van der Waals surface area contributed by atoms with Gasteiger partial charge in [-0.15, -0.1) is 0 Å². The van der Waals surface area contributed by atoms with Crippen molar-refractivity contribution in [1.29, 1.82) is 0 Å². The quantitative estimate of drug-likeness (QED) is 0.481. The molecule has 0 saturated heterocycles. The molecule has 0 aliphatic rings. The van der Waals surface area contributed by atoms with E-state index in [-0.39, 0.29) is 19.8 Å². The summed E-state index contributed by atoms with van der Waals surface area (Å²) in [5.74, 6) is -4.77. The van der Waals surface area contributed by atoms with Crippen LogP contribution in [0.3, 0.4) is 0 Å². The lowest BCUT2D eigenvalue weighted by atomic mass is 10.2. The van der Waals surface area contributed by atoms with Gasteiger partial charge in [0, 0.05) is 32.3 Å². The normalized spacial score (nSPS) is 13.9. The van der Waals surface area contributed by atoms with Crippen LogP contribution in [0.15, 0.2) is 0 Å². The van der Waals surface area contributed by atoms with Crippen LogP contribution < -0.4 is 0 Å². The molecule has 0 saturated carbocycles. The largest absolute Gasteiger partial charge is 0.501 e. The van der Waals surface area contributed by atoms with Gasteiger partial charge in [0.25, 0.3) is 0 Å². The molecule has 0 aromatic heterocycles. The van der Waals surface area contributed by atoms with Gasteiger partial charge in [-0.25, -0.2) is 0 Å². The van der Waals surface area contributed by atoms with Gasteiger partial charge < -0.3 is 13.3 Å². The van der Waals surface area contributed by atoms with Crippen LogP contribution >= 0.6 is 0 Å². The molecule has 0 rings (SSSR count). The average Bonchev–Trinajstić information content (AvgIpc) is 2.26. The van der Waals surface area contributed by atoms with Gasteiger partial charge >= 0.3 is 20.9 Å². The molecular weight excluding hydrogens is 291 g/mol. The fourth-order valence-corrected chi connectivity index (χ4v) is 4.08. The topological polar surface area (TPSA) is 27.7 Å². The first-order valence-corrected chi connectivity index (χ1v) is 7.93. The zero-order valence-electron chi connectivity index (χ0n) is 11.2. The van der Waals surface area contributed by atoms with Crippen LogP contribution in [-0.4, -0.2) is 40.7 Å². The summed E-state index contributed by atoms with van der Waals surface area (Å²) >= 11 is 0. The minimum atomic E-state index is -5.57. The smallest absolute Gasteiger partial charge is 0.374 e. The van der Waals surface area contributed by atoms with Crippen molar-refractivity contribution in [2.24, 2.45) is 0 Å². The van der Waals surface area contributed by atoms with E-state index in [1.807, 2.05) is 0 Å². The summed E-state index contributed by atoms with van der Waals surface area (Å²) < 4.78 is 77.8. The molecule has 0 heterocycles. The van der Waals surface area contributed by atoms with Crippen molar-refractivity contribution in [3.63, 3.8) is 0 Å². The van der Waals surface area contributed by atoms with Gasteiger partial charge in [0.15, 0.2) is 0 Å². The van der Waals surface area contributed by atoms with E-state index >= 15 is 0 Å². The molecule has 0 aromatic rings. The summed E-state index contributed by atoms with van der Waals surface area (Å²) in [6.07, 6.45) is -6.97. The highest BCUT2D eigenvalue weighted by atomic mass is 28.4. The highest BCUT2D eigenvalue weighted by molar-refractivity contribution is 6.60. The molecule has 9 heteroatoms. The van der Waals surface area contributed by atoms with Crippen molar-refractivity contribution in [3.05, 3.63) is 0 Å². The summed E-state index contributed by atoms with van der Waals surface area (Å²) in [5, 5.41) is 0. The van der Waals surface area contributed by atoms with Gasteiger partial charge in [-0.2, -0.15) is 22.0 Å². The Morgan fingerprint density at radius 3 is 1.42 bits per heavy atom. The van der Waals surface area contributed by atoms with E-state index in [1.54, 1.807) is 20.8 Å². The zero-order valence-corrected chi connectivity index (χ0v) is 12.2. The fourth-order valence-electron chi connectivity index (χ4n) is 1.45. The van der Waals surface area contributed by atoms with Crippen molar-refractivity contribution >= 4 is 8.80 Å². The Hall–Kier alpha value is -0.253. The lowest BCUT2D eigenvalue weighted by Crippen LogP contribution is -2.48. The maximum absolute atomic E-state index is 12.9. The Labute approximate surface area is 110 Å². The Morgan fingerprint density at radius 1 is 0.789 bits per heavy atom. The summed E-state index contributed by atoms with van der Waals surface area (Å²) in [5.41, 5.74) is 0. The maximum Gasteiger partial charge on any atom is 0.501 e. The van der Waals surface area contributed by atoms with Crippen LogP contribution in [0.4, 0.5) is 22.0 Å². The zero-order chi connectivity index (χ0) is 15.2. The highest BCUT2D eigenvalue weighted by Crippen LogP contribution is 2.40. The Kier molecular flexibility index (Phi) is 7.41. The molecule has 0 fully saturated rings. The summed E-state index contributed by atoms with van der Waals surface area (Å²) in [4.78, 5) is 0. The molecule has 0 radical (unpaired) electrons. The van der Waals surface area contributed by atoms with Gasteiger partial charge in [-0.3, -0.25) is 0 Å². The molecule has 0 aliphatic carbocycles. The molecule has 19 heavy (non-hydrogen) atoms. The molecule has 0 unspecified atom stereocenters. The summed E-state index contributed by atoms with van der Waals surface area (Å²) in [6.45, 7) is 5.18. The molecule has 0 atom stereocenters. The Balaban J connectivity index is 4.81. The maximum atomic E-state index is 12.9. The average molecular weight is 310 g/mol. The van der Waals surface area contributed by atoms with Crippen LogP contribution in [0.1, 0.15) is 27.2 Å². The van der Waals surface area contributed by atoms with Gasteiger partial charge in [0.05, 0.1) is 0 Å². The predicted molar refractivity (Wildman–Crippen MR) is 61.1 cm³/mol. The van der Waals surface area contributed by atoms with E-state index in [0.717, 1.165) is 0 Å². The van der Waals surface area contributed by atoms with E-state index in [9.17, 15) is 22.0 Å². The molecular formula is C10H19F5O3Si. The molecule has 0 aliphatic heterocycles. The molecule has 116 valence electrons. The van der Waals surface area contributed by atoms with Crippen LogP contribution in [0, 0.1) is 0 Å². The summed E-state index contributed by atoms with van der Waals surface area (Å²) in [6, 6.07) is -0.574. The molecule has 0 bridgehead atoms. The number of rotatable bonds is 9. The second kappa shape index (κ2) is 7.51. The summed E-state index contributed by atoms with van der Waals surface area (Å²) in [7, 11) is -3.46. The first kappa shape index (κ1) is 18.7. The fraction of sp³-hybridized carbons (Fsp3) is 1.00. The van der Waals surface area contributed by atoms with Crippen LogP contribution in [0.25, 0.3) is 0 Å². The van der Waals surface area contributed by atoms with Crippen molar-refractivity contribution in [2.75, 3.05) is 19.8 Å². The Bertz CT molecular complexity index is 243. The molecule has 0 spiro atoms. The number of hydrogen-bond donors (Lipinski definition) is 0. The minimum absolute atomic E-state index is 0.129. The number of hydrogen-bond acceptors (Lipinski definition) is 3. The molecule has 3 nitrogen and oxygen atoms in total. The van der Waals surface area contributed by atoms with Crippen LogP contribution in [0.2, 0.25) is 6.04 Å². The standard InChI is InChI=1S/C10H19F5O3Si/c1-4-16-19(17-5-2,18-6-3)8-7-9(11,12)10(13,14)15/h4-8H2,1-3H3. The van der Waals surface area contributed by atoms with Crippen molar-refractivity contribution in [1.82, 2.24) is 0 Å². The van der Waals surface area contributed by atoms with E-state index < -0.39 is 33.4 Å². The third-order valence-corrected chi connectivity index (χ3v) is 5.30.